The van der Waals surface area contributed by atoms with Crippen molar-refractivity contribution in [1.29, 1.82) is 0 Å². The van der Waals surface area contributed by atoms with Gasteiger partial charge >= 0.3 is 6.01 Å². The van der Waals surface area contributed by atoms with Gasteiger partial charge in [-0.15, -0.1) is 0 Å². The van der Waals surface area contributed by atoms with Crippen LogP contribution in [0.2, 0.25) is 0 Å². The predicted octanol–water partition coefficient (Wildman–Crippen LogP) is 1.45. The fourth-order valence-electron chi connectivity index (χ4n) is 1.59. The van der Waals surface area contributed by atoms with Crippen molar-refractivity contribution in [2.24, 2.45) is 0 Å². The third kappa shape index (κ3) is 4.23. The Bertz CT molecular complexity index is 380. The maximum absolute atomic E-state index is 5.41. The first-order valence-electron chi connectivity index (χ1n) is 6.56. The summed E-state index contributed by atoms with van der Waals surface area (Å²) in [6, 6.07) is 1.13. The SMILES string of the molecule is CCOCCOc1ncc(CNC2CC2)c(C)n1. The number of hydrogen-bond acceptors (Lipinski definition) is 5. The number of aromatic nitrogens is 2. The minimum atomic E-state index is 0.433. The Morgan fingerprint density at radius 3 is 2.89 bits per heavy atom. The molecule has 1 heterocycles. The molecule has 1 aromatic rings. The van der Waals surface area contributed by atoms with Gasteiger partial charge in [0.25, 0.3) is 0 Å². The van der Waals surface area contributed by atoms with Crippen LogP contribution in [-0.2, 0) is 11.3 Å². The Balaban J connectivity index is 1.79. The number of nitrogens with one attached hydrogen (secondary N) is 1. The lowest BCUT2D eigenvalue weighted by Crippen LogP contribution is -2.17. The van der Waals surface area contributed by atoms with E-state index in [-0.39, 0.29) is 0 Å². The highest BCUT2D eigenvalue weighted by atomic mass is 16.5. The lowest BCUT2D eigenvalue weighted by atomic mass is 10.2. The maximum Gasteiger partial charge on any atom is 0.316 e. The summed E-state index contributed by atoms with van der Waals surface area (Å²) in [6.45, 7) is 6.56. The number of ether oxygens (including phenoxy) is 2. The van der Waals surface area contributed by atoms with Crippen molar-refractivity contribution in [3.05, 3.63) is 17.5 Å². The molecule has 1 aliphatic carbocycles. The Kier molecular flexibility index (Phi) is 4.90. The first kappa shape index (κ1) is 13.2. The summed E-state index contributed by atoms with van der Waals surface area (Å²) in [7, 11) is 0. The van der Waals surface area contributed by atoms with Gasteiger partial charge in [-0.25, -0.2) is 9.97 Å². The van der Waals surface area contributed by atoms with E-state index in [1.54, 1.807) is 0 Å². The zero-order valence-corrected chi connectivity index (χ0v) is 11.1. The molecule has 0 unspecified atom stereocenters. The Labute approximate surface area is 108 Å². The molecule has 1 N–H and O–H groups in total. The Morgan fingerprint density at radius 1 is 1.39 bits per heavy atom. The van der Waals surface area contributed by atoms with Gasteiger partial charge in [0, 0.05) is 36.6 Å². The molecule has 0 spiro atoms. The van der Waals surface area contributed by atoms with Crippen LogP contribution < -0.4 is 10.1 Å². The van der Waals surface area contributed by atoms with E-state index in [2.05, 4.69) is 15.3 Å². The monoisotopic (exact) mass is 251 g/mol. The topological polar surface area (TPSA) is 56.3 Å². The maximum atomic E-state index is 5.41. The van der Waals surface area contributed by atoms with Gasteiger partial charge in [0.2, 0.25) is 0 Å². The van der Waals surface area contributed by atoms with Crippen molar-refractivity contribution in [3.63, 3.8) is 0 Å². The van der Waals surface area contributed by atoms with Crippen molar-refractivity contribution in [2.45, 2.75) is 39.3 Å². The zero-order valence-electron chi connectivity index (χ0n) is 11.1. The summed E-state index contributed by atoms with van der Waals surface area (Å²) in [6.07, 6.45) is 4.42. The third-order valence-electron chi connectivity index (χ3n) is 2.88. The van der Waals surface area contributed by atoms with Crippen LogP contribution in [0.3, 0.4) is 0 Å². The molecule has 0 aromatic carbocycles. The molecule has 18 heavy (non-hydrogen) atoms. The normalized spacial score (nSPS) is 14.8. The van der Waals surface area contributed by atoms with Crippen LogP contribution in [0.1, 0.15) is 31.0 Å². The van der Waals surface area contributed by atoms with E-state index in [1.165, 1.54) is 12.8 Å². The molecule has 5 heteroatoms. The molecule has 100 valence electrons. The molecular weight excluding hydrogens is 230 g/mol. The molecule has 1 aliphatic rings. The third-order valence-corrected chi connectivity index (χ3v) is 2.88. The van der Waals surface area contributed by atoms with Crippen LogP contribution in [0.25, 0.3) is 0 Å². The minimum absolute atomic E-state index is 0.433. The molecule has 1 fully saturated rings. The van der Waals surface area contributed by atoms with Crippen molar-refractivity contribution in [2.75, 3.05) is 19.8 Å². The molecular formula is C13H21N3O2. The molecule has 0 amide bonds. The second-order valence-corrected chi connectivity index (χ2v) is 4.46. The summed E-state index contributed by atoms with van der Waals surface area (Å²) in [5.74, 6) is 0. The van der Waals surface area contributed by atoms with Crippen LogP contribution in [-0.4, -0.2) is 35.8 Å². The summed E-state index contributed by atoms with van der Waals surface area (Å²) in [5, 5.41) is 3.45. The van der Waals surface area contributed by atoms with E-state index in [1.807, 2.05) is 20.0 Å². The molecule has 0 aliphatic heterocycles. The van der Waals surface area contributed by atoms with Gasteiger partial charge < -0.3 is 14.8 Å². The van der Waals surface area contributed by atoms with Crippen LogP contribution in [0, 0.1) is 6.92 Å². The molecule has 1 saturated carbocycles. The lowest BCUT2D eigenvalue weighted by molar-refractivity contribution is 0.106. The van der Waals surface area contributed by atoms with Crippen molar-refractivity contribution >= 4 is 0 Å². The van der Waals surface area contributed by atoms with Gasteiger partial charge in [0.05, 0.1) is 6.61 Å². The molecule has 0 saturated heterocycles. The van der Waals surface area contributed by atoms with Crippen molar-refractivity contribution < 1.29 is 9.47 Å². The first-order valence-corrected chi connectivity index (χ1v) is 6.56. The van der Waals surface area contributed by atoms with Crippen molar-refractivity contribution in [3.8, 4) is 6.01 Å². The van der Waals surface area contributed by atoms with Gasteiger partial charge in [-0.3, -0.25) is 0 Å². The molecule has 2 rings (SSSR count). The highest BCUT2D eigenvalue weighted by Crippen LogP contribution is 2.19. The second kappa shape index (κ2) is 6.66. The fourth-order valence-corrected chi connectivity index (χ4v) is 1.59. The van der Waals surface area contributed by atoms with E-state index in [0.717, 1.165) is 17.8 Å². The Hall–Kier alpha value is -1.20. The smallest absolute Gasteiger partial charge is 0.316 e. The number of aryl methyl sites for hydroxylation is 1. The lowest BCUT2D eigenvalue weighted by Gasteiger charge is -2.08. The van der Waals surface area contributed by atoms with Gasteiger partial charge in [-0.2, -0.15) is 0 Å². The van der Waals surface area contributed by atoms with Gasteiger partial charge in [-0.1, -0.05) is 0 Å². The van der Waals surface area contributed by atoms with E-state index < -0.39 is 0 Å². The minimum Gasteiger partial charge on any atom is -0.461 e. The van der Waals surface area contributed by atoms with Crippen molar-refractivity contribution in [1.82, 2.24) is 15.3 Å². The summed E-state index contributed by atoms with van der Waals surface area (Å²) < 4.78 is 10.6. The highest BCUT2D eigenvalue weighted by molar-refractivity contribution is 5.17. The second-order valence-electron chi connectivity index (χ2n) is 4.46. The van der Waals surface area contributed by atoms with Gasteiger partial charge in [0.15, 0.2) is 0 Å². The summed E-state index contributed by atoms with van der Waals surface area (Å²) in [5.41, 5.74) is 2.11. The molecule has 0 bridgehead atoms. The van der Waals surface area contributed by atoms with E-state index >= 15 is 0 Å². The molecule has 1 aromatic heterocycles. The molecule has 0 radical (unpaired) electrons. The zero-order chi connectivity index (χ0) is 12.8. The fraction of sp³-hybridized carbons (Fsp3) is 0.692. The van der Waals surface area contributed by atoms with Crippen LogP contribution in [0.15, 0.2) is 6.20 Å². The van der Waals surface area contributed by atoms with Crippen LogP contribution in [0.4, 0.5) is 0 Å². The molecule has 0 atom stereocenters. The quantitative estimate of drug-likeness (QED) is 0.709. The summed E-state index contributed by atoms with van der Waals surface area (Å²) in [4.78, 5) is 8.55. The highest BCUT2D eigenvalue weighted by Gasteiger charge is 2.20. The van der Waals surface area contributed by atoms with Crippen LogP contribution >= 0.6 is 0 Å². The standard InChI is InChI=1S/C13H21N3O2/c1-3-17-6-7-18-13-15-9-11(10(2)16-13)8-14-12-4-5-12/h9,12,14H,3-8H2,1-2H3. The average Bonchev–Trinajstić information content (AvgIpc) is 3.18. The average molecular weight is 251 g/mol. The first-order chi connectivity index (χ1) is 8.79. The molecule has 5 nitrogen and oxygen atoms in total. The summed E-state index contributed by atoms with van der Waals surface area (Å²) >= 11 is 0. The number of nitrogens with zero attached hydrogens (tertiary/aromatic N) is 2. The number of rotatable bonds is 8. The van der Waals surface area contributed by atoms with Gasteiger partial charge in [-0.05, 0) is 26.7 Å². The van der Waals surface area contributed by atoms with Crippen LogP contribution in [0.5, 0.6) is 6.01 Å². The Morgan fingerprint density at radius 2 is 2.22 bits per heavy atom. The van der Waals surface area contributed by atoms with E-state index in [0.29, 0.717) is 31.9 Å². The van der Waals surface area contributed by atoms with E-state index in [4.69, 9.17) is 9.47 Å². The number of hydrogen-bond donors (Lipinski definition) is 1. The largest absolute Gasteiger partial charge is 0.461 e. The van der Waals surface area contributed by atoms with E-state index in [9.17, 15) is 0 Å². The van der Waals surface area contributed by atoms with Gasteiger partial charge in [0.1, 0.15) is 6.61 Å². The predicted molar refractivity (Wildman–Crippen MR) is 68.6 cm³/mol.